The smallest absolute Gasteiger partial charge is 0.0511 e. The van der Waals surface area contributed by atoms with Crippen molar-refractivity contribution in [3.63, 3.8) is 0 Å². The summed E-state index contributed by atoms with van der Waals surface area (Å²) in [6.45, 7) is 37.1. The molecule has 0 rings (SSSR count). The van der Waals surface area contributed by atoms with Crippen molar-refractivity contribution in [1.29, 1.82) is 0 Å². The Hall–Kier alpha value is 0.0444. The van der Waals surface area contributed by atoms with Crippen molar-refractivity contribution in [3.8, 4) is 0 Å². The largest absolute Gasteiger partial charge is 0.103 e. The van der Waals surface area contributed by atoms with E-state index in [9.17, 15) is 0 Å². The lowest BCUT2D eigenvalue weighted by Gasteiger charge is -2.37. The van der Waals surface area contributed by atoms with Gasteiger partial charge in [0.25, 0.3) is 0 Å². The summed E-state index contributed by atoms with van der Waals surface area (Å²) in [6, 6.07) is 11.0. The van der Waals surface area contributed by atoms with Gasteiger partial charge < -0.3 is 0 Å². The van der Waals surface area contributed by atoms with E-state index in [0.717, 1.165) is 17.4 Å². The molecule has 0 aromatic heterocycles. The minimum Gasteiger partial charge on any atom is -0.103 e. The molecule has 3 unspecified atom stereocenters. The van der Waals surface area contributed by atoms with E-state index >= 15 is 0 Å². The molecule has 0 fully saturated rings. The summed E-state index contributed by atoms with van der Waals surface area (Å²) >= 11 is 0. The maximum atomic E-state index is 4.10. The lowest BCUT2D eigenvalue weighted by Crippen LogP contribution is -2.32. The van der Waals surface area contributed by atoms with Gasteiger partial charge >= 0.3 is 0 Å². The molecule has 37 heavy (non-hydrogen) atoms. The number of hydrogen-bond donors (Lipinski definition) is 0. The molecule has 0 saturated carbocycles. The van der Waals surface area contributed by atoms with Crippen molar-refractivity contribution in [2.45, 2.75) is 138 Å². The van der Waals surface area contributed by atoms with E-state index in [-0.39, 0.29) is 0 Å². The Morgan fingerprint density at radius 1 is 0.514 bits per heavy atom. The molecule has 216 valence electrons. The van der Waals surface area contributed by atoms with Crippen LogP contribution in [0.1, 0.15) is 32.1 Å². The van der Waals surface area contributed by atoms with Crippen LogP contribution in [0, 0.1) is 11.8 Å². The van der Waals surface area contributed by atoms with Crippen LogP contribution >= 0.6 is 0 Å². The molecular weight excluding hydrogens is 525 g/mol. The third-order valence-corrected chi connectivity index (χ3v) is 22.8. The van der Waals surface area contributed by atoms with Crippen LogP contribution in [0.4, 0.5) is 0 Å². The lowest BCUT2D eigenvalue weighted by atomic mass is 9.81. The zero-order valence-corrected chi connectivity index (χ0v) is 33.1. The van der Waals surface area contributed by atoms with Gasteiger partial charge in [-0.1, -0.05) is 139 Å². The highest BCUT2D eigenvalue weighted by Gasteiger charge is 2.33. The summed E-state index contributed by atoms with van der Waals surface area (Å²) in [6.07, 6.45) is 16.1. The van der Waals surface area contributed by atoms with Crippen LogP contribution in [0.25, 0.3) is 0 Å². The summed E-state index contributed by atoms with van der Waals surface area (Å²) in [7, 11) is -3.31. The summed E-state index contributed by atoms with van der Waals surface area (Å²) in [5.41, 5.74) is 0.970. The zero-order valence-electron chi connectivity index (χ0n) is 27.1. The van der Waals surface area contributed by atoms with E-state index in [1.807, 2.05) is 0 Å². The van der Waals surface area contributed by atoms with Gasteiger partial charge in [0.15, 0.2) is 0 Å². The summed E-state index contributed by atoms with van der Waals surface area (Å²) < 4.78 is 0. The van der Waals surface area contributed by atoms with E-state index < -0.39 is 32.3 Å². The third-order valence-electron chi connectivity index (χ3n) is 9.18. The van der Waals surface area contributed by atoms with E-state index in [2.05, 4.69) is 103 Å². The normalized spacial score (nSPS) is 15.7. The molecule has 0 N–H and O–H groups in total. The fourth-order valence-corrected chi connectivity index (χ4v) is 16.7. The zero-order chi connectivity index (χ0) is 28.8. The van der Waals surface area contributed by atoms with Crippen LogP contribution in [-0.4, -0.2) is 42.5 Å². The number of rotatable bonds is 23. The molecule has 0 amide bonds. The van der Waals surface area contributed by atoms with E-state index in [1.54, 1.807) is 0 Å². The first-order valence-corrected chi connectivity index (χ1v) is 30.3. The molecule has 0 heterocycles. The monoisotopic (exact) mass is 592 g/mol. The van der Waals surface area contributed by atoms with Gasteiger partial charge in [-0.3, -0.25) is 0 Å². The minimum atomic E-state index is -1.19. The molecule has 0 radical (unpaired) electrons. The first kappa shape index (κ1) is 37.0. The molecule has 3 atom stereocenters. The van der Waals surface area contributed by atoms with Crippen molar-refractivity contribution in [2.24, 2.45) is 11.8 Å². The van der Waals surface area contributed by atoms with Gasteiger partial charge in [-0.25, -0.2) is 0 Å². The Bertz CT molecular complexity index is 677. The Labute approximate surface area is 242 Å². The fourth-order valence-electron chi connectivity index (χ4n) is 6.34. The second kappa shape index (κ2) is 17.7. The van der Waals surface area contributed by atoms with Crippen molar-refractivity contribution in [2.75, 3.05) is 0 Å². The molecule has 0 aromatic carbocycles. The van der Waals surface area contributed by atoms with Gasteiger partial charge in [0.1, 0.15) is 0 Å². The molecule has 0 aliphatic rings. The molecule has 0 saturated heterocycles. The van der Waals surface area contributed by atoms with Crippen LogP contribution in [-0.2, 0) is 0 Å². The van der Waals surface area contributed by atoms with Gasteiger partial charge in [-0.15, -0.1) is 26.3 Å². The van der Waals surface area contributed by atoms with E-state index in [0.29, 0.717) is 0 Å². The molecular formula is C32H68Si5. The number of hydrogen-bond acceptors (Lipinski definition) is 0. The fraction of sp³-hybridized carbons (Fsp3) is 0.750. The Morgan fingerprint density at radius 3 is 1.27 bits per heavy atom. The van der Waals surface area contributed by atoms with Gasteiger partial charge in [0.2, 0.25) is 0 Å². The Balaban J connectivity index is 5.87. The maximum Gasteiger partial charge on any atom is 0.0511 e. The van der Waals surface area contributed by atoms with Crippen LogP contribution < -0.4 is 0 Å². The van der Waals surface area contributed by atoms with Crippen LogP contribution in [0.5, 0.6) is 0 Å². The second-order valence-corrected chi connectivity index (χ2v) is 38.0. The number of allylic oxidation sites excluding steroid dienone is 4. The van der Waals surface area contributed by atoms with Crippen molar-refractivity contribution < 1.29 is 0 Å². The van der Waals surface area contributed by atoms with Gasteiger partial charge in [0, 0.05) is 10.2 Å². The Kier molecular flexibility index (Phi) is 17.7. The van der Waals surface area contributed by atoms with E-state index in [4.69, 9.17) is 0 Å². The van der Waals surface area contributed by atoms with Gasteiger partial charge in [-0.05, 0) is 36.0 Å². The summed E-state index contributed by atoms with van der Waals surface area (Å²) in [4.78, 5) is 0. The van der Waals surface area contributed by atoms with Crippen molar-refractivity contribution in [1.82, 2.24) is 0 Å². The summed E-state index contributed by atoms with van der Waals surface area (Å²) in [5, 5.41) is 0. The molecule has 0 aromatic rings. The predicted octanol–water partition coefficient (Wildman–Crippen LogP) is 10.9. The lowest BCUT2D eigenvalue weighted by molar-refractivity contribution is 0.272. The molecule has 0 nitrogen and oxygen atoms in total. The standard InChI is InChI=1S/C32H68Si5/c1-13-22-34(5,6)26-17-18-30(19-27-35(7,8)23-14-2)31(20-28-36(9,10)24-15-3)32(33)21-29-37(11,12)25-16-4/h13-16,30-32H,1-4,17-29H2,5-12,33H3. The molecule has 0 spiro atoms. The topological polar surface area (TPSA) is 0 Å². The molecule has 0 aliphatic carbocycles. The second-order valence-electron chi connectivity index (χ2n) is 15.5. The molecule has 0 aliphatic heterocycles. The third kappa shape index (κ3) is 17.4. The van der Waals surface area contributed by atoms with Crippen molar-refractivity contribution in [3.05, 3.63) is 50.6 Å². The maximum absolute atomic E-state index is 4.10. The minimum absolute atomic E-state index is 0.922. The summed E-state index contributed by atoms with van der Waals surface area (Å²) in [5.74, 6) is 1.86. The predicted molar refractivity (Wildman–Crippen MR) is 193 cm³/mol. The average molecular weight is 593 g/mol. The first-order chi connectivity index (χ1) is 17.0. The van der Waals surface area contributed by atoms with Crippen LogP contribution in [0.2, 0.25) is 106 Å². The highest BCUT2D eigenvalue weighted by Crippen LogP contribution is 2.42. The highest BCUT2D eigenvalue weighted by atomic mass is 28.3. The quantitative estimate of drug-likeness (QED) is 0.0817. The SMILES string of the molecule is C=CC[Si](C)(C)CCCC(CC[Si](C)(C)CC=C)C(CC[Si](C)(C)CC=C)C([SiH3])CC[Si](C)(C)CC=C. The van der Waals surface area contributed by atoms with Crippen LogP contribution in [0.15, 0.2) is 50.6 Å². The Morgan fingerprint density at radius 2 is 0.865 bits per heavy atom. The van der Waals surface area contributed by atoms with Gasteiger partial charge in [0.05, 0.1) is 32.3 Å². The van der Waals surface area contributed by atoms with Gasteiger partial charge in [-0.2, -0.15) is 0 Å². The highest BCUT2D eigenvalue weighted by molar-refractivity contribution is 6.79. The van der Waals surface area contributed by atoms with Crippen LogP contribution in [0.3, 0.4) is 0 Å². The van der Waals surface area contributed by atoms with E-state index in [1.165, 1.54) is 90.7 Å². The average Bonchev–Trinajstić information content (AvgIpc) is 2.75. The molecule has 0 bridgehead atoms. The molecule has 5 heteroatoms. The first-order valence-electron chi connectivity index (χ1n) is 15.5. The van der Waals surface area contributed by atoms with Crippen molar-refractivity contribution >= 4 is 42.5 Å².